The molecule has 0 saturated heterocycles. The van der Waals surface area contributed by atoms with Gasteiger partial charge in [-0.1, -0.05) is 0 Å². The van der Waals surface area contributed by atoms with E-state index in [0.717, 1.165) is 11.1 Å². The Bertz CT molecular complexity index is 319. The summed E-state index contributed by atoms with van der Waals surface area (Å²) in [5, 5.41) is 0. The van der Waals surface area contributed by atoms with Crippen molar-refractivity contribution in [3.05, 3.63) is 29.6 Å². The highest BCUT2D eigenvalue weighted by Gasteiger charge is 2.10. The lowest BCUT2D eigenvalue weighted by Gasteiger charge is -2.00. The molecule has 0 N–H and O–H groups in total. The Morgan fingerprint density at radius 1 is 1.33 bits per heavy atom. The molecule has 0 bridgehead atoms. The molecule has 0 aliphatic carbocycles. The van der Waals surface area contributed by atoms with E-state index < -0.39 is 0 Å². The number of aryl methyl sites for hydroxylation is 2. The van der Waals surface area contributed by atoms with Gasteiger partial charge in [-0.3, -0.25) is 0 Å². The van der Waals surface area contributed by atoms with Gasteiger partial charge in [0.05, 0.1) is 6.61 Å². The van der Waals surface area contributed by atoms with Crippen LogP contribution in [0.5, 0.6) is 0 Å². The van der Waals surface area contributed by atoms with Crippen molar-refractivity contribution in [2.24, 2.45) is 0 Å². The van der Waals surface area contributed by atoms with Gasteiger partial charge in [-0.15, -0.1) is 0 Å². The SMILES string of the molecule is CCOC(=O)C[n+]1cc(C)cc(C)c1.[Br-]. The average molecular weight is 274 g/mol. The quantitative estimate of drug-likeness (QED) is 0.479. The first-order valence-electron chi connectivity index (χ1n) is 4.74. The molecule has 0 aliphatic heterocycles. The summed E-state index contributed by atoms with van der Waals surface area (Å²) in [5.41, 5.74) is 2.29. The number of carbonyl (C=O) groups excluding carboxylic acids is 1. The fourth-order valence-corrected chi connectivity index (χ4v) is 1.44. The molecule has 0 spiro atoms. The molecular formula is C11H16BrNO2. The summed E-state index contributed by atoms with van der Waals surface area (Å²) in [6, 6.07) is 2.07. The van der Waals surface area contributed by atoms with Crippen LogP contribution in [0.4, 0.5) is 0 Å². The highest BCUT2D eigenvalue weighted by molar-refractivity contribution is 5.67. The van der Waals surface area contributed by atoms with Crippen LogP contribution in [0.3, 0.4) is 0 Å². The standard InChI is InChI=1S/C11H16NO2.BrH/c1-4-14-11(13)8-12-6-9(2)5-10(3)7-12;/h5-7H,4,8H2,1-3H3;1H/q+1;/p-1. The predicted octanol–water partition coefficient (Wildman–Crippen LogP) is -1.84. The second-order valence-corrected chi connectivity index (χ2v) is 3.37. The summed E-state index contributed by atoms with van der Waals surface area (Å²) in [7, 11) is 0. The number of halogens is 1. The molecule has 4 heteroatoms. The average Bonchev–Trinajstić information content (AvgIpc) is 2.01. The van der Waals surface area contributed by atoms with Crippen molar-refractivity contribution in [3.63, 3.8) is 0 Å². The third-order valence-corrected chi connectivity index (χ3v) is 1.81. The van der Waals surface area contributed by atoms with E-state index in [1.807, 2.05) is 37.7 Å². The molecule has 0 aromatic carbocycles. The number of hydrogen-bond donors (Lipinski definition) is 0. The molecule has 0 amide bonds. The van der Waals surface area contributed by atoms with Crippen molar-refractivity contribution < 1.29 is 31.1 Å². The molecule has 1 aromatic heterocycles. The van der Waals surface area contributed by atoms with Crippen molar-refractivity contribution in [3.8, 4) is 0 Å². The molecule has 0 aliphatic rings. The minimum Gasteiger partial charge on any atom is -1.00 e. The van der Waals surface area contributed by atoms with Gasteiger partial charge in [0.25, 0.3) is 0 Å². The van der Waals surface area contributed by atoms with Crippen LogP contribution in [0.1, 0.15) is 18.1 Å². The molecule has 0 unspecified atom stereocenters. The van der Waals surface area contributed by atoms with Gasteiger partial charge in [0.1, 0.15) is 0 Å². The van der Waals surface area contributed by atoms with E-state index in [0.29, 0.717) is 6.61 Å². The smallest absolute Gasteiger partial charge is 0.372 e. The molecule has 15 heavy (non-hydrogen) atoms. The second-order valence-electron chi connectivity index (χ2n) is 3.37. The van der Waals surface area contributed by atoms with Crippen LogP contribution in [0, 0.1) is 13.8 Å². The number of aromatic nitrogens is 1. The topological polar surface area (TPSA) is 30.2 Å². The Kier molecular flexibility index (Phi) is 6.17. The van der Waals surface area contributed by atoms with Gasteiger partial charge >= 0.3 is 5.97 Å². The minimum atomic E-state index is -0.192. The van der Waals surface area contributed by atoms with E-state index in [1.54, 1.807) is 0 Å². The number of ether oxygens (including phenoxy) is 1. The van der Waals surface area contributed by atoms with Crippen molar-refractivity contribution in [1.82, 2.24) is 0 Å². The highest BCUT2D eigenvalue weighted by Crippen LogP contribution is 1.97. The molecule has 0 atom stereocenters. The lowest BCUT2D eigenvalue weighted by atomic mass is 10.2. The minimum absolute atomic E-state index is 0. The Morgan fingerprint density at radius 2 is 1.87 bits per heavy atom. The van der Waals surface area contributed by atoms with Crippen molar-refractivity contribution in [1.29, 1.82) is 0 Å². The highest BCUT2D eigenvalue weighted by atomic mass is 79.9. The number of rotatable bonds is 3. The fraction of sp³-hybridized carbons (Fsp3) is 0.455. The van der Waals surface area contributed by atoms with Gasteiger partial charge in [-0.25, -0.2) is 4.79 Å². The van der Waals surface area contributed by atoms with Gasteiger partial charge in [-0.2, -0.15) is 4.57 Å². The molecule has 1 aromatic rings. The Labute approximate surface area is 101 Å². The van der Waals surface area contributed by atoms with E-state index in [-0.39, 0.29) is 29.5 Å². The maximum absolute atomic E-state index is 11.2. The first kappa shape index (κ1) is 14.1. The number of carbonyl (C=O) groups is 1. The maximum Gasteiger partial charge on any atom is 0.372 e. The van der Waals surface area contributed by atoms with Crippen LogP contribution in [-0.2, 0) is 16.1 Å². The van der Waals surface area contributed by atoms with Crippen LogP contribution >= 0.6 is 0 Å². The van der Waals surface area contributed by atoms with Gasteiger partial charge in [-0.05, 0) is 26.8 Å². The summed E-state index contributed by atoms with van der Waals surface area (Å²) in [6.07, 6.45) is 3.87. The van der Waals surface area contributed by atoms with E-state index in [4.69, 9.17) is 4.74 Å². The van der Waals surface area contributed by atoms with Crippen LogP contribution in [0.2, 0.25) is 0 Å². The van der Waals surface area contributed by atoms with E-state index in [1.165, 1.54) is 0 Å². The predicted molar refractivity (Wildman–Crippen MR) is 52.7 cm³/mol. The van der Waals surface area contributed by atoms with E-state index in [9.17, 15) is 4.79 Å². The zero-order valence-corrected chi connectivity index (χ0v) is 10.9. The Balaban J connectivity index is 0.00000196. The van der Waals surface area contributed by atoms with Gasteiger partial charge in [0, 0.05) is 11.1 Å². The Morgan fingerprint density at radius 3 is 2.33 bits per heavy atom. The Hall–Kier alpha value is -0.900. The first-order chi connectivity index (χ1) is 6.61. The van der Waals surface area contributed by atoms with E-state index in [2.05, 4.69) is 6.07 Å². The first-order valence-corrected chi connectivity index (χ1v) is 4.74. The lowest BCUT2D eigenvalue weighted by molar-refractivity contribution is -0.686. The van der Waals surface area contributed by atoms with Crippen LogP contribution in [-0.4, -0.2) is 12.6 Å². The molecule has 0 radical (unpaired) electrons. The van der Waals surface area contributed by atoms with Crippen LogP contribution in [0.15, 0.2) is 18.5 Å². The van der Waals surface area contributed by atoms with Crippen molar-refractivity contribution in [2.45, 2.75) is 27.3 Å². The normalized spacial score (nSPS) is 9.27. The molecular weight excluding hydrogens is 258 g/mol. The summed E-state index contributed by atoms with van der Waals surface area (Å²) in [6.45, 7) is 6.55. The second kappa shape index (κ2) is 6.56. The molecule has 1 rings (SSSR count). The number of hydrogen-bond acceptors (Lipinski definition) is 2. The number of pyridine rings is 1. The lowest BCUT2D eigenvalue weighted by Crippen LogP contribution is -3.00. The van der Waals surface area contributed by atoms with Crippen LogP contribution in [0.25, 0.3) is 0 Å². The van der Waals surface area contributed by atoms with E-state index >= 15 is 0 Å². The molecule has 3 nitrogen and oxygen atoms in total. The van der Waals surface area contributed by atoms with Crippen molar-refractivity contribution in [2.75, 3.05) is 6.61 Å². The monoisotopic (exact) mass is 273 g/mol. The summed E-state index contributed by atoms with van der Waals surface area (Å²) in [4.78, 5) is 11.2. The van der Waals surface area contributed by atoms with Crippen LogP contribution < -0.4 is 21.5 Å². The van der Waals surface area contributed by atoms with Crippen molar-refractivity contribution >= 4 is 5.97 Å². The van der Waals surface area contributed by atoms with Gasteiger partial charge < -0.3 is 21.7 Å². The number of nitrogens with zero attached hydrogens (tertiary/aromatic N) is 1. The van der Waals surface area contributed by atoms with Gasteiger partial charge in [0.15, 0.2) is 12.4 Å². The molecule has 0 saturated carbocycles. The summed E-state index contributed by atoms with van der Waals surface area (Å²) in [5.74, 6) is -0.192. The summed E-state index contributed by atoms with van der Waals surface area (Å²) >= 11 is 0. The molecule has 1 heterocycles. The van der Waals surface area contributed by atoms with Gasteiger partial charge in [0.2, 0.25) is 6.54 Å². The zero-order chi connectivity index (χ0) is 10.6. The largest absolute Gasteiger partial charge is 1.00 e. The number of esters is 1. The maximum atomic E-state index is 11.2. The molecule has 0 fully saturated rings. The third-order valence-electron chi connectivity index (χ3n) is 1.81. The molecule has 84 valence electrons. The summed E-state index contributed by atoms with van der Waals surface area (Å²) < 4.78 is 6.72. The third kappa shape index (κ3) is 4.93. The fourth-order valence-electron chi connectivity index (χ4n) is 1.44. The zero-order valence-electron chi connectivity index (χ0n) is 9.29.